The number of aromatic nitrogens is 4. The summed E-state index contributed by atoms with van der Waals surface area (Å²) in [4.78, 5) is 14.1. The van der Waals surface area contributed by atoms with Crippen molar-refractivity contribution >= 4 is 5.78 Å². The first-order valence-corrected chi connectivity index (χ1v) is 11.5. The van der Waals surface area contributed by atoms with Crippen LogP contribution >= 0.6 is 0 Å². The molecule has 1 N–H and O–H groups in total. The Hall–Kier alpha value is -1.56. The van der Waals surface area contributed by atoms with Crippen LogP contribution < -0.4 is 0 Å². The third-order valence-electron chi connectivity index (χ3n) is 9.10. The predicted molar refractivity (Wildman–Crippen MR) is 109 cm³/mol. The predicted octanol–water partition coefficient (Wildman–Crippen LogP) is 3.57. The molecule has 1 aromatic heterocycles. The molecular formula is C23H34N4O2. The first-order valence-electron chi connectivity index (χ1n) is 11.5. The number of tetrazole rings is 1. The molecule has 0 aliphatic heterocycles. The third kappa shape index (κ3) is 3.37. The minimum Gasteiger partial charge on any atom is -0.390 e. The van der Waals surface area contributed by atoms with Crippen molar-refractivity contribution < 1.29 is 9.90 Å². The summed E-state index contributed by atoms with van der Waals surface area (Å²) in [5, 5.41) is 22.0. The molecule has 0 aromatic carbocycles. The molecule has 4 aliphatic carbocycles. The number of hydrogen-bond acceptors (Lipinski definition) is 5. The fraction of sp³-hybridized carbons (Fsp3) is 0.826. The van der Waals surface area contributed by atoms with E-state index in [-0.39, 0.29) is 17.7 Å². The Morgan fingerprint density at radius 1 is 1.21 bits per heavy atom. The SMILES string of the molecule is C[C@]1(O)CC[C@H]2C(=CC[C@@H]3[C@@H]2CC[C@]2(C)[C@@H](CC(=O)Cn4ncnn4)CC[C@@H]32)C1. The van der Waals surface area contributed by atoms with Crippen LogP contribution in [0.2, 0.25) is 0 Å². The summed E-state index contributed by atoms with van der Waals surface area (Å²) in [6, 6.07) is 0. The number of aliphatic hydroxyl groups is 1. The Kier molecular flexibility index (Phi) is 4.68. The topological polar surface area (TPSA) is 80.9 Å². The van der Waals surface area contributed by atoms with Crippen molar-refractivity contribution in [3.05, 3.63) is 18.0 Å². The van der Waals surface area contributed by atoms with Gasteiger partial charge in [0.15, 0.2) is 12.1 Å². The average molecular weight is 399 g/mol. The lowest BCUT2D eigenvalue weighted by Crippen LogP contribution is -2.47. The Morgan fingerprint density at radius 3 is 2.86 bits per heavy atom. The van der Waals surface area contributed by atoms with Crippen molar-refractivity contribution in [2.24, 2.45) is 35.0 Å². The maximum absolute atomic E-state index is 12.7. The number of carbonyl (C=O) groups excluding carboxylic acids is 1. The van der Waals surface area contributed by atoms with Gasteiger partial charge in [0.05, 0.1) is 5.60 Å². The molecule has 6 nitrogen and oxygen atoms in total. The summed E-state index contributed by atoms with van der Waals surface area (Å²) >= 11 is 0. The Morgan fingerprint density at radius 2 is 2.07 bits per heavy atom. The maximum atomic E-state index is 12.7. The largest absolute Gasteiger partial charge is 0.390 e. The molecule has 3 saturated carbocycles. The monoisotopic (exact) mass is 398 g/mol. The van der Waals surface area contributed by atoms with Gasteiger partial charge in [-0.1, -0.05) is 18.6 Å². The molecule has 7 atom stereocenters. The van der Waals surface area contributed by atoms with Crippen molar-refractivity contribution in [3.8, 4) is 0 Å². The van der Waals surface area contributed by atoms with Crippen molar-refractivity contribution in [2.45, 2.75) is 83.8 Å². The summed E-state index contributed by atoms with van der Waals surface area (Å²) in [5.74, 6) is 3.71. The lowest BCUT2D eigenvalue weighted by molar-refractivity contribution is -0.122. The Labute approximate surface area is 173 Å². The average Bonchev–Trinajstić information content (AvgIpc) is 3.28. The molecule has 4 aliphatic rings. The van der Waals surface area contributed by atoms with Crippen LogP contribution in [0, 0.1) is 35.0 Å². The zero-order chi connectivity index (χ0) is 20.2. The van der Waals surface area contributed by atoms with Gasteiger partial charge in [0.25, 0.3) is 0 Å². The molecule has 0 unspecified atom stereocenters. The molecule has 5 rings (SSSR count). The number of carbonyl (C=O) groups is 1. The van der Waals surface area contributed by atoms with E-state index in [1.807, 2.05) is 6.92 Å². The Bertz CT molecular complexity index is 802. The van der Waals surface area contributed by atoms with Gasteiger partial charge in [-0.15, -0.1) is 10.2 Å². The van der Waals surface area contributed by atoms with E-state index in [1.165, 1.54) is 48.8 Å². The fourth-order valence-electron chi connectivity index (χ4n) is 7.67. The number of nitrogens with zero attached hydrogens (tertiary/aromatic N) is 4. The van der Waals surface area contributed by atoms with E-state index in [0.717, 1.165) is 37.0 Å². The second-order valence-corrected chi connectivity index (χ2v) is 10.8. The van der Waals surface area contributed by atoms with E-state index < -0.39 is 5.60 Å². The summed E-state index contributed by atoms with van der Waals surface area (Å²) in [7, 11) is 0. The maximum Gasteiger partial charge on any atom is 0.162 e. The van der Waals surface area contributed by atoms with Crippen molar-refractivity contribution in [1.82, 2.24) is 20.2 Å². The van der Waals surface area contributed by atoms with E-state index in [4.69, 9.17) is 0 Å². The Balaban J connectivity index is 1.29. The molecule has 6 heteroatoms. The van der Waals surface area contributed by atoms with Gasteiger partial charge < -0.3 is 5.11 Å². The van der Waals surface area contributed by atoms with E-state index in [0.29, 0.717) is 18.3 Å². The first-order chi connectivity index (χ1) is 13.9. The summed E-state index contributed by atoms with van der Waals surface area (Å²) in [6.07, 6.45) is 13.6. The highest BCUT2D eigenvalue weighted by Gasteiger charge is 2.56. The smallest absolute Gasteiger partial charge is 0.162 e. The highest BCUT2D eigenvalue weighted by Crippen LogP contribution is 2.64. The van der Waals surface area contributed by atoms with Crippen LogP contribution in [-0.2, 0) is 11.3 Å². The lowest BCUT2D eigenvalue weighted by atomic mass is 9.51. The number of hydrogen-bond donors (Lipinski definition) is 1. The quantitative estimate of drug-likeness (QED) is 0.784. The minimum absolute atomic E-state index is 0.234. The zero-order valence-corrected chi connectivity index (χ0v) is 17.8. The minimum atomic E-state index is -0.504. The number of allylic oxidation sites excluding steroid dienone is 1. The molecule has 1 aromatic rings. The molecule has 29 heavy (non-hydrogen) atoms. The third-order valence-corrected chi connectivity index (χ3v) is 9.10. The van der Waals surface area contributed by atoms with Crippen LogP contribution in [0.5, 0.6) is 0 Å². The van der Waals surface area contributed by atoms with Crippen LogP contribution in [-0.4, -0.2) is 36.7 Å². The van der Waals surface area contributed by atoms with E-state index >= 15 is 0 Å². The van der Waals surface area contributed by atoms with Gasteiger partial charge in [0, 0.05) is 6.42 Å². The molecule has 0 radical (unpaired) electrons. The molecule has 0 bridgehead atoms. The van der Waals surface area contributed by atoms with E-state index in [1.54, 1.807) is 0 Å². The molecule has 158 valence electrons. The molecule has 0 spiro atoms. The fourth-order valence-corrected chi connectivity index (χ4v) is 7.67. The highest BCUT2D eigenvalue weighted by molar-refractivity contribution is 5.78. The van der Waals surface area contributed by atoms with Gasteiger partial charge in [0.2, 0.25) is 0 Å². The second-order valence-electron chi connectivity index (χ2n) is 10.8. The second kappa shape index (κ2) is 7.00. The summed E-state index contributed by atoms with van der Waals surface area (Å²) < 4.78 is 0. The van der Waals surface area contributed by atoms with Crippen LogP contribution in [0.4, 0.5) is 0 Å². The van der Waals surface area contributed by atoms with Crippen LogP contribution in [0.3, 0.4) is 0 Å². The summed E-state index contributed by atoms with van der Waals surface area (Å²) in [5.41, 5.74) is 1.32. The highest BCUT2D eigenvalue weighted by atomic mass is 16.3. The number of ketones is 1. The molecule has 3 fully saturated rings. The normalized spacial score (nSPS) is 43.8. The van der Waals surface area contributed by atoms with Gasteiger partial charge in [-0.3, -0.25) is 4.79 Å². The van der Waals surface area contributed by atoms with E-state index in [2.05, 4.69) is 28.4 Å². The van der Waals surface area contributed by atoms with Crippen molar-refractivity contribution in [2.75, 3.05) is 0 Å². The number of rotatable bonds is 4. The van der Waals surface area contributed by atoms with Gasteiger partial charge in [-0.05, 0) is 98.5 Å². The number of fused-ring (bicyclic) bond motifs is 5. The molecule has 0 saturated heterocycles. The standard InChI is InChI=1S/C23H34N4O2/c1-22(29)9-7-18-15(12-22)3-5-20-19(18)8-10-23(2)16(4-6-21(20)23)11-17(28)13-27-25-14-24-26-27/h3,14,16,18-21,29H,4-13H2,1-2H3/t16-,18+,19-,20-,21+,22+,23-/m1/s1. The summed E-state index contributed by atoms with van der Waals surface area (Å²) in [6.45, 7) is 4.72. The van der Waals surface area contributed by atoms with Crippen LogP contribution in [0.25, 0.3) is 0 Å². The first kappa shape index (κ1) is 19.4. The van der Waals surface area contributed by atoms with Gasteiger partial charge in [-0.25, -0.2) is 0 Å². The zero-order valence-electron chi connectivity index (χ0n) is 17.8. The van der Waals surface area contributed by atoms with Crippen molar-refractivity contribution in [1.29, 1.82) is 0 Å². The van der Waals surface area contributed by atoms with E-state index in [9.17, 15) is 9.90 Å². The van der Waals surface area contributed by atoms with Crippen molar-refractivity contribution in [3.63, 3.8) is 0 Å². The number of Topliss-reactive ketones (excluding diaryl/α,β-unsaturated/α-hetero) is 1. The molecular weight excluding hydrogens is 364 g/mol. The van der Waals surface area contributed by atoms with Crippen LogP contribution in [0.1, 0.15) is 71.6 Å². The van der Waals surface area contributed by atoms with Crippen LogP contribution in [0.15, 0.2) is 18.0 Å². The van der Waals surface area contributed by atoms with Gasteiger partial charge in [0.1, 0.15) is 6.54 Å². The lowest BCUT2D eigenvalue weighted by Gasteiger charge is -2.54. The van der Waals surface area contributed by atoms with Gasteiger partial charge in [-0.2, -0.15) is 4.80 Å². The van der Waals surface area contributed by atoms with Gasteiger partial charge >= 0.3 is 0 Å². The molecule has 1 heterocycles. The molecule has 0 amide bonds.